The number of aliphatic hydroxyl groups excluding tert-OH is 1. The first-order valence-electron chi connectivity index (χ1n) is 5.73. The normalized spacial score (nSPS) is 28.7. The van der Waals surface area contributed by atoms with Crippen molar-refractivity contribution in [3.8, 4) is 0 Å². The van der Waals surface area contributed by atoms with Gasteiger partial charge in [-0.2, -0.15) is 0 Å². The van der Waals surface area contributed by atoms with Gasteiger partial charge in [-0.15, -0.1) is 0 Å². The van der Waals surface area contributed by atoms with E-state index in [0.717, 1.165) is 6.42 Å². The van der Waals surface area contributed by atoms with Gasteiger partial charge in [0.2, 0.25) is 0 Å². The Morgan fingerprint density at radius 3 is 2.73 bits per heavy atom. The molecule has 0 aromatic carbocycles. The van der Waals surface area contributed by atoms with E-state index in [4.69, 9.17) is 5.11 Å². The lowest BCUT2D eigenvalue weighted by Gasteiger charge is -2.30. The molecule has 3 unspecified atom stereocenters. The summed E-state index contributed by atoms with van der Waals surface area (Å²) in [5.41, 5.74) is 0. The fraction of sp³-hybridized carbons (Fsp3) is 0.909. The van der Waals surface area contributed by atoms with Crippen molar-refractivity contribution in [2.24, 2.45) is 5.92 Å². The van der Waals surface area contributed by atoms with Crippen LogP contribution in [0.3, 0.4) is 0 Å². The van der Waals surface area contributed by atoms with E-state index in [2.05, 4.69) is 12.2 Å². The standard InChI is InChI=1S/C11H21NO3/c1-8-4-2-3-5-10(8)12-7-9(13)6-11(14)15/h8-10,12-13H,2-7H2,1H3,(H,14,15). The highest BCUT2D eigenvalue weighted by Crippen LogP contribution is 2.23. The third-order valence-electron chi connectivity index (χ3n) is 3.14. The molecular weight excluding hydrogens is 194 g/mol. The minimum Gasteiger partial charge on any atom is -0.481 e. The zero-order chi connectivity index (χ0) is 11.3. The third-order valence-corrected chi connectivity index (χ3v) is 3.14. The largest absolute Gasteiger partial charge is 0.481 e. The quantitative estimate of drug-likeness (QED) is 0.639. The van der Waals surface area contributed by atoms with E-state index in [9.17, 15) is 9.90 Å². The minimum absolute atomic E-state index is 0.173. The monoisotopic (exact) mass is 215 g/mol. The molecule has 3 atom stereocenters. The van der Waals surface area contributed by atoms with Crippen molar-refractivity contribution < 1.29 is 15.0 Å². The molecule has 0 aromatic heterocycles. The van der Waals surface area contributed by atoms with E-state index in [1.807, 2.05) is 0 Å². The number of carbonyl (C=O) groups is 1. The van der Waals surface area contributed by atoms with Gasteiger partial charge in [-0.05, 0) is 18.8 Å². The maximum Gasteiger partial charge on any atom is 0.306 e. The number of rotatable bonds is 5. The molecule has 0 aliphatic heterocycles. The molecule has 1 fully saturated rings. The topological polar surface area (TPSA) is 69.6 Å². The molecule has 0 saturated heterocycles. The molecule has 0 bridgehead atoms. The first kappa shape index (κ1) is 12.5. The second kappa shape index (κ2) is 6.08. The number of aliphatic hydroxyl groups is 1. The highest BCUT2D eigenvalue weighted by molar-refractivity contribution is 5.67. The fourth-order valence-electron chi connectivity index (χ4n) is 2.18. The predicted molar refractivity (Wildman–Crippen MR) is 57.7 cm³/mol. The summed E-state index contributed by atoms with van der Waals surface area (Å²) in [6, 6.07) is 0.446. The minimum atomic E-state index is -0.944. The van der Waals surface area contributed by atoms with Gasteiger partial charge in [0, 0.05) is 12.6 Å². The highest BCUT2D eigenvalue weighted by atomic mass is 16.4. The molecule has 0 spiro atoms. The smallest absolute Gasteiger partial charge is 0.306 e. The second-order valence-corrected chi connectivity index (χ2v) is 4.53. The van der Waals surface area contributed by atoms with Crippen molar-refractivity contribution in [2.75, 3.05) is 6.54 Å². The van der Waals surface area contributed by atoms with E-state index in [0.29, 0.717) is 18.5 Å². The maximum absolute atomic E-state index is 10.3. The number of aliphatic carboxylic acids is 1. The summed E-state index contributed by atoms with van der Waals surface area (Å²) in [5, 5.41) is 21.1. The van der Waals surface area contributed by atoms with Crippen LogP contribution in [0.2, 0.25) is 0 Å². The summed E-state index contributed by atoms with van der Waals surface area (Å²) < 4.78 is 0. The Hall–Kier alpha value is -0.610. The lowest BCUT2D eigenvalue weighted by atomic mass is 9.86. The van der Waals surface area contributed by atoms with Crippen molar-refractivity contribution in [1.29, 1.82) is 0 Å². The molecule has 1 rings (SSSR count). The molecule has 3 N–H and O–H groups in total. The van der Waals surface area contributed by atoms with Crippen molar-refractivity contribution in [3.63, 3.8) is 0 Å². The van der Waals surface area contributed by atoms with Gasteiger partial charge < -0.3 is 15.5 Å². The summed E-state index contributed by atoms with van der Waals surface area (Å²) in [5.74, 6) is -0.309. The summed E-state index contributed by atoms with van der Waals surface area (Å²) >= 11 is 0. The van der Waals surface area contributed by atoms with Crippen LogP contribution in [-0.4, -0.2) is 34.9 Å². The van der Waals surface area contributed by atoms with Crippen LogP contribution in [0.4, 0.5) is 0 Å². The van der Waals surface area contributed by atoms with Crippen molar-refractivity contribution in [2.45, 2.75) is 51.2 Å². The van der Waals surface area contributed by atoms with Crippen molar-refractivity contribution in [3.05, 3.63) is 0 Å². The fourth-order valence-corrected chi connectivity index (χ4v) is 2.18. The number of nitrogens with one attached hydrogen (secondary N) is 1. The molecule has 1 aliphatic rings. The number of hydrogen-bond acceptors (Lipinski definition) is 3. The van der Waals surface area contributed by atoms with Gasteiger partial charge in [0.15, 0.2) is 0 Å². The Labute approximate surface area is 90.7 Å². The Balaban J connectivity index is 2.20. The number of hydrogen-bond donors (Lipinski definition) is 3. The van der Waals surface area contributed by atoms with Gasteiger partial charge in [-0.25, -0.2) is 0 Å². The molecular formula is C11H21NO3. The SMILES string of the molecule is CC1CCCCC1NCC(O)CC(=O)O. The van der Waals surface area contributed by atoms with Gasteiger partial charge in [0.1, 0.15) is 0 Å². The van der Waals surface area contributed by atoms with Gasteiger partial charge in [-0.3, -0.25) is 4.79 Å². The Morgan fingerprint density at radius 2 is 2.13 bits per heavy atom. The zero-order valence-corrected chi connectivity index (χ0v) is 9.28. The molecule has 0 heterocycles. The Bertz CT molecular complexity index is 208. The average molecular weight is 215 g/mol. The first-order valence-corrected chi connectivity index (χ1v) is 5.73. The van der Waals surface area contributed by atoms with E-state index in [1.54, 1.807) is 0 Å². The summed E-state index contributed by atoms with van der Waals surface area (Å²) in [7, 11) is 0. The van der Waals surface area contributed by atoms with Gasteiger partial charge >= 0.3 is 5.97 Å². The van der Waals surface area contributed by atoms with Crippen LogP contribution < -0.4 is 5.32 Å². The molecule has 1 saturated carbocycles. The number of carboxylic acids is 1. The van der Waals surface area contributed by atoms with Crippen molar-refractivity contribution >= 4 is 5.97 Å². The molecule has 1 aliphatic carbocycles. The molecule has 0 aromatic rings. The van der Waals surface area contributed by atoms with Gasteiger partial charge in [0.25, 0.3) is 0 Å². The second-order valence-electron chi connectivity index (χ2n) is 4.53. The Kier molecular flexibility index (Phi) is 5.05. The van der Waals surface area contributed by atoms with Crippen LogP contribution in [0.5, 0.6) is 0 Å². The molecule has 4 heteroatoms. The Morgan fingerprint density at radius 1 is 1.47 bits per heavy atom. The third kappa shape index (κ3) is 4.62. The zero-order valence-electron chi connectivity index (χ0n) is 9.28. The van der Waals surface area contributed by atoms with Crippen LogP contribution in [0, 0.1) is 5.92 Å². The number of carboxylic acid groups (broad SMARTS) is 1. The molecule has 4 nitrogen and oxygen atoms in total. The highest BCUT2D eigenvalue weighted by Gasteiger charge is 2.21. The van der Waals surface area contributed by atoms with E-state index >= 15 is 0 Å². The van der Waals surface area contributed by atoms with Gasteiger partial charge in [0.05, 0.1) is 12.5 Å². The van der Waals surface area contributed by atoms with Crippen LogP contribution in [-0.2, 0) is 4.79 Å². The summed E-state index contributed by atoms with van der Waals surface area (Å²) in [4.78, 5) is 10.3. The van der Waals surface area contributed by atoms with Crippen LogP contribution in [0.1, 0.15) is 39.0 Å². The predicted octanol–water partition coefficient (Wildman–Crippen LogP) is 0.990. The molecule has 15 heavy (non-hydrogen) atoms. The lowest BCUT2D eigenvalue weighted by Crippen LogP contribution is -2.41. The van der Waals surface area contributed by atoms with E-state index in [1.165, 1.54) is 19.3 Å². The summed E-state index contributed by atoms with van der Waals surface area (Å²) in [6.45, 7) is 2.60. The van der Waals surface area contributed by atoms with Gasteiger partial charge in [-0.1, -0.05) is 19.8 Å². The van der Waals surface area contributed by atoms with Crippen LogP contribution >= 0.6 is 0 Å². The maximum atomic E-state index is 10.3. The average Bonchev–Trinajstić information content (AvgIpc) is 2.15. The van der Waals surface area contributed by atoms with E-state index < -0.39 is 12.1 Å². The van der Waals surface area contributed by atoms with E-state index in [-0.39, 0.29) is 6.42 Å². The first-order chi connectivity index (χ1) is 7.09. The lowest BCUT2D eigenvalue weighted by molar-refractivity contribution is -0.139. The van der Waals surface area contributed by atoms with Crippen LogP contribution in [0.15, 0.2) is 0 Å². The molecule has 88 valence electrons. The molecule has 0 radical (unpaired) electrons. The molecule has 0 amide bonds. The summed E-state index contributed by atoms with van der Waals surface area (Å²) in [6.07, 6.45) is 3.95. The van der Waals surface area contributed by atoms with Crippen molar-refractivity contribution in [1.82, 2.24) is 5.32 Å². The van der Waals surface area contributed by atoms with Crippen LogP contribution in [0.25, 0.3) is 0 Å².